The van der Waals surface area contributed by atoms with Crippen molar-refractivity contribution in [2.75, 3.05) is 26.2 Å². The summed E-state index contributed by atoms with van der Waals surface area (Å²) in [5.41, 5.74) is 2.34. The number of fused-ring (bicyclic) bond motifs is 1. The Morgan fingerprint density at radius 2 is 2.12 bits per heavy atom. The van der Waals surface area contributed by atoms with Crippen molar-refractivity contribution in [2.24, 2.45) is 0 Å². The van der Waals surface area contributed by atoms with E-state index in [1.54, 1.807) is 0 Å². The quantitative estimate of drug-likeness (QED) is 0.837. The molecule has 1 aliphatic heterocycles. The fourth-order valence-corrected chi connectivity index (χ4v) is 2.45. The molecule has 3 heterocycles. The summed E-state index contributed by atoms with van der Waals surface area (Å²) in [6.07, 6.45) is 2.10. The Hall–Kier alpha value is -1.39. The number of nitrogens with one attached hydrogen (secondary N) is 1. The number of piperazine rings is 1. The van der Waals surface area contributed by atoms with Gasteiger partial charge in [0.05, 0.1) is 17.8 Å². The van der Waals surface area contributed by atoms with Crippen LogP contribution in [-0.4, -0.2) is 40.5 Å². The van der Waals surface area contributed by atoms with Gasteiger partial charge in [-0.25, -0.2) is 4.98 Å². The molecular formula is C13H18N4. The van der Waals surface area contributed by atoms with Crippen molar-refractivity contribution >= 4 is 5.52 Å². The van der Waals surface area contributed by atoms with Crippen LogP contribution in [0.25, 0.3) is 5.52 Å². The van der Waals surface area contributed by atoms with Crippen LogP contribution in [0.5, 0.6) is 0 Å². The first-order chi connectivity index (χ1) is 8.34. The third kappa shape index (κ3) is 2.06. The van der Waals surface area contributed by atoms with E-state index in [1.165, 1.54) is 5.52 Å². The second-order valence-electron chi connectivity index (χ2n) is 4.60. The monoisotopic (exact) mass is 230 g/mol. The average Bonchev–Trinajstić information content (AvgIpc) is 2.69. The zero-order chi connectivity index (χ0) is 11.7. The van der Waals surface area contributed by atoms with Crippen molar-refractivity contribution in [1.82, 2.24) is 19.6 Å². The van der Waals surface area contributed by atoms with Crippen LogP contribution in [0, 0.1) is 6.92 Å². The van der Waals surface area contributed by atoms with Crippen molar-refractivity contribution in [1.29, 1.82) is 0 Å². The molecule has 0 radical (unpaired) electrons. The predicted molar refractivity (Wildman–Crippen MR) is 68.1 cm³/mol. The van der Waals surface area contributed by atoms with E-state index in [0.717, 1.165) is 44.2 Å². The SMILES string of the molecule is Cc1nc(CN2CCNCC2)n2ccccc12. The third-order valence-electron chi connectivity index (χ3n) is 3.38. The molecule has 1 aliphatic rings. The Morgan fingerprint density at radius 3 is 2.94 bits per heavy atom. The molecule has 2 aromatic rings. The van der Waals surface area contributed by atoms with E-state index in [1.807, 2.05) is 0 Å². The zero-order valence-electron chi connectivity index (χ0n) is 10.2. The minimum Gasteiger partial charge on any atom is -0.314 e. The Kier molecular flexibility index (Phi) is 2.82. The van der Waals surface area contributed by atoms with Crippen LogP contribution in [0.1, 0.15) is 11.5 Å². The summed E-state index contributed by atoms with van der Waals surface area (Å²) in [5, 5.41) is 3.37. The van der Waals surface area contributed by atoms with Crippen LogP contribution >= 0.6 is 0 Å². The molecule has 0 aromatic carbocycles. The van der Waals surface area contributed by atoms with Crippen molar-refractivity contribution in [3.8, 4) is 0 Å². The molecule has 17 heavy (non-hydrogen) atoms. The summed E-state index contributed by atoms with van der Waals surface area (Å²) < 4.78 is 2.21. The van der Waals surface area contributed by atoms with Gasteiger partial charge in [-0.2, -0.15) is 0 Å². The lowest BCUT2D eigenvalue weighted by Crippen LogP contribution is -2.43. The normalized spacial score (nSPS) is 17.7. The predicted octanol–water partition coefficient (Wildman–Crippen LogP) is 1.05. The number of imidazole rings is 1. The zero-order valence-corrected chi connectivity index (χ0v) is 10.2. The van der Waals surface area contributed by atoms with Gasteiger partial charge in [-0.15, -0.1) is 0 Å². The van der Waals surface area contributed by atoms with Gasteiger partial charge in [0.1, 0.15) is 5.82 Å². The van der Waals surface area contributed by atoms with Gasteiger partial charge in [-0.1, -0.05) is 6.07 Å². The molecule has 1 N–H and O–H groups in total. The van der Waals surface area contributed by atoms with Gasteiger partial charge in [-0.05, 0) is 19.1 Å². The van der Waals surface area contributed by atoms with E-state index in [0.29, 0.717) is 0 Å². The standard InChI is InChI=1S/C13H18N4/c1-11-12-4-2-3-7-17(12)13(15-11)10-16-8-5-14-6-9-16/h2-4,7,14H,5-6,8-10H2,1H3. The van der Waals surface area contributed by atoms with E-state index in [2.05, 4.69) is 50.9 Å². The first-order valence-electron chi connectivity index (χ1n) is 6.20. The summed E-state index contributed by atoms with van der Waals surface area (Å²) in [6, 6.07) is 6.26. The van der Waals surface area contributed by atoms with E-state index in [9.17, 15) is 0 Å². The molecule has 0 bridgehead atoms. The largest absolute Gasteiger partial charge is 0.314 e. The number of hydrogen-bond acceptors (Lipinski definition) is 3. The van der Waals surface area contributed by atoms with Gasteiger partial charge < -0.3 is 9.72 Å². The third-order valence-corrected chi connectivity index (χ3v) is 3.38. The van der Waals surface area contributed by atoms with Crippen LogP contribution in [0.2, 0.25) is 0 Å². The van der Waals surface area contributed by atoms with E-state index >= 15 is 0 Å². The molecule has 4 heteroatoms. The minimum absolute atomic E-state index is 0.945. The molecule has 1 saturated heterocycles. The van der Waals surface area contributed by atoms with Crippen molar-refractivity contribution in [3.05, 3.63) is 35.9 Å². The van der Waals surface area contributed by atoms with Crippen molar-refractivity contribution in [3.63, 3.8) is 0 Å². The number of rotatable bonds is 2. The number of hydrogen-bond donors (Lipinski definition) is 1. The molecule has 0 aliphatic carbocycles. The molecule has 0 atom stereocenters. The molecule has 4 nitrogen and oxygen atoms in total. The minimum atomic E-state index is 0.945. The molecule has 0 saturated carbocycles. The number of aromatic nitrogens is 2. The van der Waals surface area contributed by atoms with Crippen LogP contribution < -0.4 is 5.32 Å². The highest BCUT2D eigenvalue weighted by Gasteiger charge is 2.14. The highest BCUT2D eigenvalue weighted by atomic mass is 15.2. The van der Waals surface area contributed by atoms with Crippen molar-refractivity contribution < 1.29 is 0 Å². The van der Waals surface area contributed by atoms with Crippen LogP contribution in [-0.2, 0) is 6.54 Å². The second-order valence-corrected chi connectivity index (χ2v) is 4.60. The Balaban J connectivity index is 1.89. The van der Waals surface area contributed by atoms with Gasteiger partial charge in [0.2, 0.25) is 0 Å². The van der Waals surface area contributed by atoms with E-state index in [4.69, 9.17) is 0 Å². The summed E-state index contributed by atoms with van der Waals surface area (Å²) in [6.45, 7) is 7.42. The van der Waals surface area contributed by atoms with Crippen LogP contribution in [0.3, 0.4) is 0 Å². The smallest absolute Gasteiger partial charge is 0.127 e. The molecule has 0 unspecified atom stereocenters. The van der Waals surface area contributed by atoms with Gasteiger partial charge in [0.15, 0.2) is 0 Å². The van der Waals surface area contributed by atoms with Gasteiger partial charge in [0, 0.05) is 32.4 Å². The van der Waals surface area contributed by atoms with E-state index < -0.39 is 0 Å². The molecule has 0 amide bonds. The highest BCUT2D eigenvalue weighted by molar-refractivity contribution is 5.52. The second kappa shape index (κ2) is 4.47. The van der Waals surface area contributed by atoms with Gasteiger partial charge >= 0.3 is 0 Å². The van der Waals surface area contributed by atoms with Crippen LogP contribution in [0.4, 0.5) is 0 Å². The number of nitrogens with zero attached hydrogens (tertiary/aromatic N) is 3. The molecular weight excluding hydrogens is 212 g/mol. The topological polar surface area (TPSA) is 32.6 Å². The summed E-state index contributed by atoms with van der Waals surface area (Å²) in [7, 11) is 0. The van der Waals surface area contributed by atoms with Crippen molar-refractivity contribution in [2.45, 2.75) is 13.5 Å². The van der Waals surface area contributed by atoms with E-state index in [-0.39, 0.29) is 0 Å². The lowest BCUT2D eigenvalue weighted by Gasteiger charge is -2.26. The maximum absolute atomic E-state index is 4.68. The summed E-state index contributed by atoms with van der Waals surface area (Å²) >= 11 is 0. The first kappa shape index (κ1) is 10.7. The molecule has 2 aromatic heterocycles. The molecule has 1 fully saturated rings. The Bertz CT molecular complexity index is 511. The highest BCUT2D eigenvalue weighted by Crippen LogP contribution is 2.13. The lowest BCUT2D eigenvalue weighted by molar-refractivity contribution is 0.227. The van der Waals surface area contributed by atoms with Gasteiger partial charge in [0.25, 0.3) is 0 Å². The Labute approximate surface area is 101 Å². The molecule has 3 rings (SSSR count). The maximum Gasteiger partial charge on any atom is 0.127 e. The van der Waals surface area contributed by atoms with Gasteiger partial charge in [-0.3, -0.25) is 4.90 Å². The Morgan fingerprint density at radius 1 is 1.29 bits per heavy atom. The summed E-state index contributed by atoms with van der Waals surface area (Å²) in [5.74, 6) is 1.15. The first-order valence-corrected chi connectivity index (χ1v) is 6.20. The number of aryl methyl sites for hydroxylation is 1. The molecule has 90 valence electrons. The average molecular weight is 230 g/mol. The summed E-state index contributed by atoms with van der Waals surface area (Å²) in [4.78, 5) is 7.14. The van der Waals surface area contributed by atoms with Crippen LogP contribution in [0.15, 0.2) is 24.4 Å². The maximum atomic E-state index is 4.68. The fourth-order valence-electron chi connectivity index (χ4n) is 2.45. The number of pyridine rings is 1. The fraction of sp³-hybridized carbons (Fsp3) is 0.462. The lowest BCUT2D eigenvalue weighted by atomic mass is 10.3. The molecule has 0 spiro atoms.